The van der Waals surface area contributed by atoms with Gasteiger partial charge in [-0.3, -0.25) is 4.79 Å². The first kappa shape index (κ1) is 11.9. The predicted molar refractivity (Wildman–Crippen MR) is 61.7 cm³/mol. The molecule has 0 aromatic heterocycles. The molecule has 4 heteroatoms. The van der Waals surface area contributed by atoms with Crippen LogP contribution in [-0.4, -0.2) is 41.7 Å². The van der Waals surface area contributed by atoms with E-state index in [9.17, 15) is 4.79 Å². The summed E-state index contributed by atoms with van der Waals surface area (Å²) >= 11 is 0. The van der Waals surface area contributed by atoms with Crippen LogP contribution in [0.15, 0.2) is 0 Å². The van der Waals surface area contributed by atoms with E-state index in [2.05, 4.69) is 0 Å². The average Bonchev–Trinajstić information content (AvgIpc) is 2.87. The molecule has 0 spiro atoms. The summed E-state index contributed by atoms with van der Waals surface area (Å²) in [6, 6.07) is 0.0735. The number of hydrogen-bond donors (Lipinski definition) is 2. The SMILES string of the molecule is NC1CCCC1C(=O)N1CCC(CCO)C1. The van der Waals surface area contributed by atoms with Gasteiger partial charge in [0.25, 0.3) is 0 Å². The van der Waals surface area contributed by atoms with E-state index < -0.39 is 0 Å². The van der Waals surface area contributed by atoms with Crippen molar-refractivity contribution in [1.82, 2.24) is 4.90 Å². The monoisotopic (exact) mass is 226 g/mol. The van der Waals surface area contributed by atoms with Gasteiger partial charge in [-0.25, -0.2) is 0 Å². The molecule has 16 heavy (non-hydrogen) atoms. The third-order valence-corrected chi connectivity index (χ3v) is 4.02. The smallest absolute Gasteiger partial charge is 0.227 e. The fraction of sp³-hybridized carbons (Fsp3) is 0.917. The lowest BCUT2D eigenvalue weighted by molar-refractivity contribution is -0.134. The molecular formula is C12H22N2O2. The van der Waals surface area contributed by atoms with E-state index in [1.807, 2.05) is 4.90 Å². The van der Waals surface area contributed by atoms with Crippen molar-refractivity contribution in [3.8, 4) is 0 Å². The molecule has 1 aliphatic heterocycles. The van der Waals surface area contributed by atoms with E-state index in [0.29, 0.717) is 5.92 Å². The number of nitrogens with zero attached hydrogens (tertiary/aromatic N) is 1. The Morgan fingerprint density at radius 1 is 1.38 bits per heavy atom. The zero-order chi connectivity index (χ0) is 11.5. The Kier molecular flexibility index (Phi) is 3.82. The molecule has 1 amide bonds. The minimum atomic E-state index is 0.0628. The minimum Gasteiger partial charge on any atom is -0.396 e. The van der Waals surface area contributed by atoms with E-state index in [0.717, 1.165) is 45.2 Å². The van der Waals surface area contributed by atoms with Gasteiger partial charge in [-0.1, -0.05) is 6.42 Å². The maximum absolute atomic E-state index is 12.2. The number of rotatable bonds is 3. The minimum absolute atomic E-state index is 0.0628. The molecule has 0 bridgehead atoms. The summed E-state index contributed by atoms with van der Waals surface area (Å²) in [6.07, 6.45) is 4.89. The Bertz CT molecular complexity index is 257. The van der Waals surface area contributed by atoms with Crippen LogP contribution in [0.3, 0.4) is 0 Å². The van der Waals surface area contributed by atoms with Crippen LogP contribution in [0.25, 0.3) is 0 Å². The van der Waals surface area contributed by atoms with Gasteiger partial charge in [0.15, 0.2) is 0 Å². The number of likely N-dealkylation sites (tertiary alicyclic amines) is 1. The van der Waals surface area contributed by atoms with Gasteiger partial charge in [0, 0.05) is 25.7 Å². The molecule has 0 aromatic carbocycles. The first-order valence-corrected chi connectivity index (χ1v) is 6.37. The molecule has 2 fully saturated rings. The number of carbonyl (C=O) groups is 1. The maximum Gasteiger partial charge on any atom is 0.227 e. The molecule has 1 aliphatic carbocycles. The Hall–Kier alpha value is -0.610. The predicted octanol–water partition coefficient (Wildman–Crippen LogP) is 0.345. The van der Waals surface area contributed by atoms with Crippen molar-refractivity contribution in [3.05, 3.63) is 0 Å². The summed E-state index contributed by atoms with van der Waals surface area (Å²) in [4.78, 5) is 14.1. The Balaban J connectivity index is 1.86. The zero-order valence-electron chi connectivity index (χ0n) is 9.77. The van der Waals surface area contributed by atoms with Gasteiger partial charge in [-0.15, -0.1) is 0 Å². The molecule has 1 heterocycles. The van der Waals surface area contributed by atoms with Gasteiger partial charge in [-0.05, 0) is 31.6 Å². The van der Waals surface area contributed by atoms with Crippen LogP contribution in [0, 0.1) is 11.8 Å². The maximum atomic E-state index is 12.2. The molecule has 1 saturated carbocycles. The van der Waals surface area contributed by atoms with Gasteiger partial charge >= 0.3 is 0 Å². The van der Waals surface area contributed by atoms with Crippen LogP contribution in [0.4, 0.5) is 0 Å². The van der Waals surface area contributed by atoms with E-state index in [1.54, 1.807) is 0 Å². The lowest BCUT2D eigenvalue weighted by Gasteiger charge is -2.23. The Morgan fingerprint density at radius 2 is 2.19 bits per heavy atom. The summed E-state index contributed by atoms with van der Waals surface area (Å²) in [5, 5.41) is 8.88. The van der Waals surface area contributed by atoms with E-state index in [4.69, 9.17) is 10.8 Å². The molecule has 3 atom stereocenters. The third-order valence-electron chi connectivity index (χ3n) is 4.02. The lowest BCUT2D eigenvalue weighted by Crippen LogP contribution is -2.40. The van der Waals surface area contributed by atoms with Crippen LogP contribution in [-0.2, 0) is 4.79 Å². The highest BCUT2D eigenvalue weighted by Gasteiger charge is 2.35. The number of nitrogens with two attached hydrogens (primary N) is 1. The highest BCUT2D eigenvalue weighted by atomic mass is 16.3. The molecule has 4 nitrogen and oxygen atoms in total. The molecular weight excluding hydrogens is 204 g/mol. The normalized spacial score (nSPS) is 34.6. The first-order valence-electron chi connectivity index (χ1n) is 6.37. The fourth-order valence-electron chi connectivity index (χ4n) is 2.98. The molecule has 3 N–H and O–H groups in total. The standard InChI is InChI=1S/C12H22N2O2/c13-11-3-1-2-10(11)12(16)14-6-4-9(8-14)5-7-15/h9-11,15H,1-8,13H2. The van der Waals surface area contributed by atoms with Crippen LogP contribution in [0.1, 0.15) is 32.1 Å². The van der Waals surface area contributed by atoms with Gasteiger partial charge in [-0.2, -0.15) is 0 Å². The summed E-state index contributed by atoms with van der Waals surface area (Å²) in [7, 11) is 0. The number of amides is 1. The van der Waals surface area contributed by atoms with Gasteiger partial charge in [0.2, 0.25) is 5.91 Å². The van der Waals surface area contributed by atoms with Crippen molar-refractivity contribution in [2.24, 2.45) is 17.6 Å². The summed E-state index contributed by atoms with van der Waals surface area (Å²) in [5.41, 5.74) is 5.95. The fourth-order valence-corrected chi connectivity index (χ4v) is 2.98. The second-order valence-electron chi connectivity index (χ2n) is 5.15. The molecule has 2 aliphatic rings. The van der Waals surface area contributed by atoms with E-state index in [1.165, 1.54) is 0 Å². The van der Waals surface area contributed by atoms with Crippen LogP contribution >= 0.6 is 0 Å². The average molecular weight is 226 g/mol. The van der Waals surface area contributed by atoms with Crippen LogP contribution in [0.2, 0.25) is 0 Å². The first-order chi connectivity index (χ1) is 7.72. The molecule has 0 radical (unpaired) electrons. The van der Waals surface area contributed by atoms with Crippen molar-refractivity contribution < 1.29 is 9.90 Å². The number of carbonyl (C=O) groups excluding carboxylic acids is 1. The largest absolute Gasteiger partial charge is 0.396 e. The second-order valence-corrected chi connectivity index (χ2v) is 5.15. The lowest BCUT2D eigenvalue weighted by atomic mass is 10.0. The van der Waals surface area contributed by atoms with Crippen molar-refractivity contribution >= 4 is 5.91 Å². The molecule has 0 aromatic rings. The Labute approximate surface area is 96.8 Å². The van der Waals surface area contributed by atoms with Crippen molar-refractivity contribution in [1.29, 1.82) is 0 Å². The summed E-state index contributed by atoms with van der Waals surface area (Å²) in [6.45, 7) is 1.91. The number of hydrogen-bond acceptors (Lipinski definition) is 3. The quantitative estimate of drug-likeness (QED) is 0.729. The molecule has 3 unspecified atom stereocenters. The van der Waals surface area contributed by atoms with Gasteiger partial charge in [0.05, 0.1) is 5.92 Å². The molecule has 92 valence electrons. The molecule has 1 saturated heterocycles. The number of aliphatic hydroxyl groups excluding tert-OH is 1. The Morgan fingerprint density at radius 3 is 2.81 bits per heavy atom. The van der Waals surface area contributed by atoms with Gasteiger partial charge in [0.1, 0.15) is 0 Å². The second kappa shape index (κ2) is 5.15. The van der Waals surface area contributed by atoms with Crippen molar-refractivity contribution in [2.45, 2.75) is 38.1 Å². The van der Waals surface area contributed by atoms with Crippen LogP contribution < -0.4 is 5.73 Å². The van der Waals surface area contributed by atoms with E-state index in [-0.39, 0.29) is 24.5 Å². The zero-order valence-corrected chi connectivity index (χ0v) is 9.77. The summed E-state index contributed by atoms with van der Waals surface area (Å²) in [5.74, 6) is 0.810. The third kappa shape index (κ3) is 2.38. The van der Waals surface area contributed by atoms with E-state index >= 15 is 0 Å². The van der Waals surface area contributed by atoms with Crippen molar-refractivity contribution in [3.63, 3.8) is 0 Å². The van der Waals surface area contributed by atoms with Crippen molar-refractivity contribution in [2.75, 3.05) is 19.7 Å². The molecule has 2 rings (SSSR count). The number of aliphatic hydroxyl groups is 1. The summed E-state index contributed by atoms with van der Waals surface area (Å²) < 4.78 is 0. The van der Waals surface area contributed by atoms with Gasteiger partial charge < -0.3 is 15.7 Å². The highest BCUT2D eigenvalue weighted by molar-refractivity contribution is 5.80. The highest BCUT2D eigenvalue weighted by Crippen LogP contribution is 2.28. The van der Waals surface area contributed by atoms with Crippen LogP contribution in [0.5, 0.6) is 0 Å². The topological polar surface area (TPSA) is 66.6 Å².